The predicted molar refractivity (Wildman–Crippen MR) is 103 cm³/mol. The van der Waals surface area contributed by atoms with Crippen LogP contribution in [0.4, 0.5) is 5.69 Å². The topological polar surface area (TPSA) is 81.1 Å². The summed E-state index contributed by atoms with van der Waals surface area (Å²) in [6.07, 6.45) is 1.16. The molecule has 1 heterocycles. The zero-order valence-corrected chi connectivity index (χ0v) is 15.8. The SMILES string of the molecule is Cc1ccc(NC(=O)Cn2c(CS(C)(=O)=O)nc3ccccc32)c(C)c1. The molecular formula is C19H21N3O3S. The van der Waals surface area contributed by atoms with Gasteiger partial charge in [0.1, 0.15) is 18.1 Å². The van der Waals surface area contributed by atoms with Crippen molar-refractivity contribution in [2.75, 3.05) is 11.6 Å². The van der Waals surface area contributed by atoms with Gasteiger partial charge in [-0.25, -0.2) is 13.4 Å². The molecule has 0 saturated heterocycles. The van der Waals surface area contributed by atoms with E-state index in [-0.39, 0.29) is 18.2 Å². The van der Waals surface area contributed by atoms with E-state index >= 15 is 0 Å². The number of hydrogen-bond acceptors (Lipinski definition) is 4. The fourth-order valence-electron chi connectivity index (χ4n) is 2.93. The smallest absolute Gasteiger partial charge is 0.244 e. The van der Waals surface area contributed by atoms with Crippen LogP contribution in [-0.2, 0) is 26.9 Å². The third-order valence-corrected chi connectivity index (χ3v) is 4.87. The number of benzene rings is 2. The van der Waals surface area contributed by atoms with Gasteiger partial charge in [-0.05, 0) is 37.6 Å². The lowest BCUT2D eigenvalue weighted by atomic mass is 10.1. The highest BCUT2D eigenvalue weighted by Gasteiger charge is 2.17. The first-order chi connectivity index (χ1) is 12.2. The molecule has 6 nitrogen and oxygen atoms in total. The largest absolute Gasteiger partial charge is 0.324 e. The second-order valence-electron chi connectivity index (χ2n) is 6.54. The fraction of sp³-hybridized carbons (Fsp3) is 0.263. The van der Waals surface area contributed by atoms with Crippen molar-refractivity contribution >= 4 is 32.5 Å². The van der Waals surface area contributed by atoms with Crippen LogP contribution in [0.25, 0.3) is 11.0 Å². The number of aryl methyl sites for hydroxylation is 2. The van der Waals surface area contributed by atoms with E-state index in [4.69, 9.17) is 0 Å². The van der Waals surface area contributed by atoms with Crippen LogP contribution < -0.4 is 5.32 Å². The van der Waals surface area contributed by atoms with E-state index in [1.807, 2.05) is 50.2 Å². The van der Waals surface area contributed by atoms with Crippen LogP contribution in [0, 0.1) is 13.8 Å². The van der Waals surface area contributed by atoms with Crippen molar-refractivity contribution in [3.63, 3.8) is 0 Å². The number of carbonyl (C=O) groups excluding carboxylic acids is 1. The van der Waals surface area contributed by atoms with E-state index < -0.39 is 9.84 Å². The second-order valence-corrected chi connectivity index (χ2v) is 8.68. The number of amides is 1. The number of fused-ring (bicyclic) bond motifs is 1. The van der Waals surface area contributed by atoms with Gasteiger partial charge in [0.05, 0.1) is 11.0 Å². The Bertz CT molecular complexity index is 1080. The molecule has 2 aromatic carbocycles. The summed E-state index contributed by atoms with van der Waals surface area (Å²) in [6, 6.07) is 13.1. The highest BCUT2D eigenvalue weighted by molar-refractivity contribution is 7.89. The van der Waals surface area contributed by atoms with Crippen molar-refractivity contribution < 1.29 is 13.2 Å². The van der Waals surface area contributed by atoms with E-state index in [2.05, 4.69) is 10.3 Å². The summed E-state index contributed by atoms with van der Waals surface area (Å²) in [5.74, 6) is -0.0715. The zero-order valence-electron chi connectivity index (χ0n) is 15.0. The lowest BCUT2D eigenvalue weighted by molar-refractivity contribution is -0.116. The van der Waals surface area contributed by atoms with Gasteiger partial charge in [-0.3, -0.25) is 4.79 Å². The molecule has 0 bridgehead atoms. The average molecular weight is 371 g/mol. The Morgan fingerprint density at radius 1 is 1.15 bits per heavy atom. The number of nitrogens with zero attached hydrogens (tertiary/aromatic N) is 2. The van der Waals surface area contributed by atoms with Crippen LogP contribution in [0.15, 0.2) is 42.5 Å². The van der Waals surface area contributed by atoms with Crippen LogP contribution in [-0.4, -0.2) is 30.1 Å². The van der Waals surface area contributed by atoms with Gasteiger partial charge in [-0.2, -0.15) is 0 Å². The molecule has 1 N–H and O–H groups in total. The van der Waals surface area contributed by atoms with Gasteiger partial charge >= 0.3 is 0 Å². The highest BCUT2D eigenvalue weighted by atomic mass is 32.2. The molecule has 0 spiro atoms. The van der Waals surface area contributed by atoms with E-state index in [1.165, 1.54) is 0 Å². The van der Waals surface area contributed by atoms with Gasteiger partial charge in [0.2, 0.25) is 5.91 Å². The Kier molecular flexibility index (Phi) is 4.82. The standard InChI is InChI=1S/C19H21N3O3S/c1-13-8-9-15(14(2)10-13)21-19(23)11-22-17-7-5-4-6-16(17)20-18(22)12-26(3,24)25/h4-10H,11-12H2,1-3H3,(H,21,23). The maximum absolute atomic E-state index is 12.6. The Balaban J connectivity index is 1.91. The average Bonchev–Trinajstić information content (AvgIpc) is 2.86. The molecule has 0 radical (unpaired) electrons. The summed E-state index contributed by atoms with van der Waals surface area (Å²) in [6.45, 7) is 3.93. The maximum atomic E-state index is 12.6. The number of anilines is 1. The molecule has 0 aliphatic rings. The summed E-state index contributed by atoms with van der Waals surface area (Å²) >= 11 is 0. The van der Waals surface area contributed by atoms with Gasteiger partial charge in [0, 0.05) is 11.9 Å². The van der Waals surface area contributed by atoms with Crippen LogP contribution >= 0.6 is 0 Å². The Morgan fingerprint density at radius 2 is 1.88 bits per heavy atom. The second kappa shape index (κ2) is 6.92. The van der Waals surface area contributed by atoms with Crippen molar-refractivity contribution in [1.29, 1.82) is 0 Å². The number of imidazole rings is 1. The molecule has 3 aromatic rings. The van der Waals surface area contributed by atoms with Gasteiger partial charge < -0.3 is 9.88 Å². The molecule has 0 aliphatic carbocycles. The Morgan fingerprint density at radius 3 is 2.58 bits per heavy atom. The van der Waals surface area contributed by atoms with Gasteiger partial charge in [-0.1, -0.05) is 29.8 Å². The number of sulfone groups is 1. The number of hydrogen-bond donors (Lipinski definition) is 1. The van der Waals surface area contributed by atoms with Gasteiger partial charge in [-0.15, -0.1) is 0 Å². The number of rotatable bonds is 5. The van der Waals surface area contributed by atoms with Gasteiger partial charge in [0.25, 0.3) is 0 Å². The number of nitrogens with one attached hydrogen (secondary N) is 1. The fourth-order valence-corrected chi connectivity index (χ4v) is 3.62. The van der Waals surface area contributed by atoms with Crippen LogP contribution in [0.2, 0.25) is 0 Å². The quantitative estimate of drug-likeness (QED) is 0.748. The molecular weight excluding hydrogens is 350 g/mol. The van der Waals surface area contributed by atoms with Crippen molar-refractivity contribution in [1.82, 2.24) is 9.55 Å². The minimum atomic E-state index is -3.27. The molecule has 3 rings (SSSR count). The first-order valence-electron chi connectivity index (χ1n) is 8.22. The van der Waals surface area contributed by atoms with E-state index in [0.29, 0.717) is 11.3 Å². The van der Waals surface area contributed by atoms with E-state index in [0.717, 1.165) is 28.6 Å². The van der Waals surface area contributed by atoms with Crippen molar-refractivity contribution in [2.24, 2.45) is 0 Å². The van der Waals surface area contributed by atoms with Crippen LogP contribution in [0.1, 0.15) is 17.0 Å². The molecule has 7 heteroatoms. The molecule has 136 valence electrons. The number of para-hydroxylation sites is 2. The van der Waals surface area contributed by atoms with E-state index in [9.17, 15) is 13.2 Å². The Hall–Kier alpha value is -2.67. The molecule has 0 atom stereocenters. The molecule has 0 unspecified atom stereocenters. The minimum absolute atomic E-state index is 0.00131. The van der Waals surface area contributed by atoms with Crippen molar-refractivity contribution in [3.8, 4) is 0 Å². The first kappa shape index (κ1) is 18.1. The molecule has 1 aromatic heterocycles. The third-order valence-electron chi connectivity index (χ3n) is 4.08. The maximum Gasteiger partial charge on any atom is 0.244 e. The first-order valence-corrected chi connectivity index (χ1v) is 10.3. The number of aromatic nitrogens is 2. The molecule has 0 saturated carbocycles. The van der Waals surface area contributed by atoms with E-state index in [1.54, 1.807) is 10.6 Å². The normalized spacial score (nSPS) is 11.7. The number of carbonyl (C=O) groups is 1. The molecule has 0 aliphatic heterocycles. The van der Waals surface area contributed by atoms with Crippen LogP contribution in [0.3, 0.4) is 0 Å². The monoisotopic (exact) mass is 371 g/mol. The summed E-state index contributed by atoms with van der Waals surface area (Å²) in [4.78, 5) is 17.0. The van der Waals surface area contributed by atoms with Gasteiger partial charge in [0.15, 0.2) is 9.84 Å². The Labute approximate surface area is 152 Å². The van der Waals surface area contributed by atoms with Crippen molar-refractivity contribution in [3.05, 3.63) is 59.4 Å². The molecule has 0 fully saturated rings. The lowest BCUT2D eigenvalue weighted by Crippen LogP contribution is -2.21. The van der Waals surface area contributed by atoms with Crippen molar-refractivity contribution in [2.45, 2.75) is 26.1 Å². The van der Waals surface area contributed by atoms with Crippen LogP contribution in [0.5, 0.6) is 0 Å². The third kappa shape index (κ3) is 4.11. The summed E-state index contributed by atoms with van der Waals surface area (Å²) in [7, 11) is -3.27. The minimum Gasteiger partial charge on any atom is -0.324 e. The predicted octanol–water partition coefficient (Wildman–Crippen LogP) is 2.84. The summed E-state index contributed by atoms with van der Waals surface area (Å²) in [5.41, 5.74) is 4.25. The molecule has 1 amide bonds. The zero-order chi connectivity index (χ0) is 18.9. The molecule has 26 heavy (non-hydrogen) atoms. The summed E-state index contributed by atoms with van der Waals surface area (Å²) < 4.78 is 25.1. The highest BCUT2D eigenvalue weighted by Crippen LogP contribution is 2.19. The summed E-state index contributed by atoms with van der Waals surface area (Å²) in [5, 5.41) is 2.89. The lowest BCUT2D eigenvalue weighted by Gasteiger charge is -2.12.